The molecule has 2 heterocycles. The fourth-order valence-corrected chi connectivity index (χ4v) is 2.69. The molecule has 0 spiro atoms. The minimum Gasteiger partial charge on any atom is -0.497 e. The molecule has 0 radical (unpaired) electrons. The Bertz CT molecular complexity index is 740. The van der Waals surface area contributed by atoms with Crippen LogP contribution in [-0.4, -0.2) is 60.7 Å². The lowest BCUT2D eigenvalue weighted by Crippen LogP contribution is -2.46. The molecule has 0 bridgehead atoms. The molecule has 1 aliphatic heterocycles. The Balaban J connectivity index is 1.54. The standard InChI is InChI=1S/C18H21N5O3/c1-26-15-4-2-14(3-5-15)12-19-18(25)16-6-7-17(21-20-16)23-10-8-22(13-24)9-11-23/h2-7,13H,8-12H2,1H3,(H,19,25). The third kappa shape index (κ3) is 4.27. The highest BCUT2D eigenvalue weighted by Crippen LogP contribution is 2.13. The van der Waals surface area contributed by atoms with Gasteiger partial charge in [0.15, 0.2) is 11.5 Å². The van der Waals surface area contributed by atoms with Crippen molar-refractivity contribution in [3.8, 4) is 5.75 Å². The first kappa shape index (κ1) is 17.7. The lowest BCUT2D eigenvalue weighted by Gasteiger charge is -2.32. The lowest BCUT2D eigenvalue weighted by molar-refractivity contribution is -0.118. The van der Waals surface area contributed by atoms with Crippen molar-refractivity contribution in [1.29, 1.82) is 0 Å². The number of nitrogens with zero attached hydrogens (tertiary/aromatic N) is 4. The maximum Gasteiger partial charge on any atom is 0.272 e. The van der Waals surface area contributed by atoms with Crippen molar-refractivity contribution in [3.63, 3.8) is 0 Å². The summed E-state index contributed by atoms with van der Waals surface area (Å²) in [7, 11) is 1.61. The number of piperazine rings is 1. The van der Waals surface area contributed by atoms with Gasteiger partial charge in [0.1, 0.15) is 5.75 Å². The predicted molar refractivity (Wildman–Crippen MR) is 96.0 cm³/mol. The van der Waals surface area contributed by atoms with Gasteiger partial charge in [-0.25, -0.2) is 0 Å². The molecular weight excluding hydrogens is 334 g/mol. The van der Waals surface area contributed by atoms with Gasteiger partial charge in [-0.3, -0.25) is 9.59 Å². The van der Waals surface area contributed by atoms with Gasteiger partial charge in [-0.05, 0) is 29.8 Å². The molecule has 3 rings (SSSR count). The quantitative estimate of drug-likeness (QED) is 0.768. The molecule has 2 aromatic rings. The van der Waals surface area contributed by atoms with Crippen LogP contribution in [0.1, 0.15) is 16.1 Å². The Kier molecular flexibility index (Phi) is 5.62. The molecule has 0 atom stereocenters. The summed E-state index contributed by atoms with van der Waals surface area (Å²) in [6.07, 6.45) is 0.860. The van der Waals surface area contributed by atoms with Crippen LogP contribution in [0.2, 0.25) is 0 Å². The van der Waals surface area contributed by atoms with Crippen molar-refractivity contribution in [2.45, 2.75) is 6.54 Å². The molecule has 1 aromatic heterocycles. The van der Waals surface area contributed by atoms with E-state index in [1.54, 1.807) is 24.1 Å². The summed E-state index contributed by atoms with van der Waals surface area (Å²) in [5.74, 6) is 1.21. The molecular formula is C18H21N5O3. The summed E-state index contributed by atoms with van der Waals surface area (Å²) in [6, 6.07) is 10.9. The number of carbonyl (C=O) groups excluding carboxylic acids is 2. The van der Waals surface area contributed by atoms with Crippen LogP contribution in [0.25, 0.3) is 0 Å². The third-order valence-electron chi connectivity index (χ3n) is 4.28. The van der Waals surface area contributed by atoms with E-state index in [1.807, 2.05) is 29.2 Å². The summed E-state index contributed by atoms with van der Waals surface area (Å²) < 4.78 is 5.11. The molecule has 136 valence electrons. The minimum atomic E-state index is -0.273. The van der Waals surface area contributed by atoms with E-state index in [0.29, 0.717) is 38.5 Å². The highest BCUT2D eigenvalue weighted by molar-refractivity contribution is 5.92. The molecule has 8 nitrogen and oxygen atoms in total. The van der Waals surface area contributed by atoms with Crippen molar-refractivity contribution in [1.82, 2.24) is 20.4 Å². The van der Waals surface area contributed by atoms with Crippen LogP contribution in [0.3, 0.4) is 0 Å². The third-order valence-corrected chi connectivity index (χ3v) is 4.28. The van der Waals surface area contributed by atoms with Crippen LogP contribution in [0.4, 0.5) is 5.82 Å². The molecule has 26 heavy (non-hydrogen) atoms. The Morgan fingerprint density at radius 2 is 1.85 bits per heavy atom. The number of hydrogen-bond donors (Lipinski definition) is 1. The van der Waals surface area contributed by atoms with Crippen molar-refractivity contribution in [2.24, 2.45) is 0 Å². The van der Waals surface area contributed by atoms with Gasteiger partial charge < -0.3 is 19.9 Å². The molecule has 0 aliphatic carbocycles. The summed E-state index contributed by atoms with van der Waals surface area (Å²) >= 11 is 0. The van der Waals surface area contributed by atoms with Gasteiger partial charge in [-0.15, -0.1) is 10.2 Å². The summed E-state index contributed by atoms with van der Waals surface area (Å²) in [5.41, 5.74) is 1.24. The van der Waals surface area contributed by atoms with E-state index in [4.69, 9.17) is 4.74 Å². The number of nitrogens with one attached hydrogen (secondary N) is 1. The number of ether oxygens (including phenoxy) is 1. The Morgan fingerprint density at radius 3 is 2.42 bits per heavy atom. The van der Waals surface area contributed by atoms with Gasteiger partial charge >= 0.3 is 0 Å². The fourth-order valence-electron chi connectivity index (χ4n) is 2.69. The van der Waals surface area contributed by atoms with Crippen LogP contribution in [0.15, 0.2) is 36.4 Å². The molecule has 2 amide bonds. The van der Waals surface area contributed by atoms with Gasteiger partial charge in [0, 0.05) is 32.7 Å². The predicted octanol–water partition coefficient (Wildman–Crippen LogP) is 0.694. The smallest absolute Gasteiger partial charge is 0.272 e. The van der Waals surface area contributed by atoms with Crippen molar-refractivity contribution in [2.75, 3.05) is 38.2 Å². The second-order valence-corrected chi connectivity index (χ2v) is 5.94. The van der Waals surface area contributed by atoms with Gasteiger partial charge in [0.05, 0.1) is 7.11 Å². The average molecular weight is 355 g/mol. The number of carbonyl (C=O) groups is 2. The summed E-state index contributed by atoms with van der Waals surface area (Å²) in [4.78, 5) is 26.7. The Hall–Kier alpha value is -3.16. The van der Waals surface area contributed by atoms with Crippen molar-refractivity contribution >= 4 is 18.1 Å². The maximum atomic E-state index is 12.2. The zero-order valence-corrected chi connectivity index (χ0v) is 14.6. The van der Waals surface area contributed by atoms with Crippen LogP contribution in [0, 0.1) is 0 Å². The zero-order valence-electron chi connectivity index (χ0n) is 14.6. The number of rotatable bonds is 6. The molecule has 0 unspecified atom stereocenters. The van der Waals surface area contributed by atoms with E-state index in [1.165, 1.54) is 0 Å². The molecule has 0 saturated carbocycles. The molecule has 1 fully saturated rings. The second kappa shape index (κ2) is 8.28. The minimum absolute atomic E-state index is 0.272. The molecule has 1 aliphatic rings. The van der Waals surface area contributed by atoms with Gasteiger partial charge in [0.25, 0.3) is 5.91 Å². The SMILES string of the molecule is COc1ccc(CNC(=O)c2ccc(N3CCN(C=O)CC3)nn2)cc1. The Morgan fingerprint density at radius 1 is 1.12 bits per heavy atom. The van der Waals surface area contributed by atoms with Gasteiger partial charge in [-0.1, -0.05) is 12.1 Å². The van der Waals surface area contributed by atoms with Crippen molar-refractivity contribution < 1.29 is 14.3 Å². The van der Waals surface area contributed by atoms with E-state index in [0.717, 1.165) is 17.7 Å². The van der Waals surface area contributed by atoms with Gasteiger partial charge in [0.2, 0.25) is 6.41 Å². The monoisotopic (exact) mass is 355 g/mol. The molecule has 1 N–H and O–H groups in total. The van der Waals surface area contributed by atoms with E-state index >= 15 is 0 Å². The lowest BCUT2D eigenvalue weighted by atomic mass is 10.2. The molecule has 1 saturated heterocycles. The largest absolute Gasteiger partial charge is 0.497 e. The first-order valence-electron chi connectivity index (χ1n) is 8.39. The van der Waals surface area contributed by atoms with E-state index in [-0.39, 0.29) is 11.6 Å². The first-order valence-corrected chi connectivity index (χ1v) is 8.39. The zero-order chi connectivity index (χ0) is 18.4. The Labute approximate surface area is 151 Å². The highest BCUT2D eigenvalue weighted by atomic mass is 16.5. The second-order valence-electron chi connectivity index (χ2n) is 5.94. The van der Waals surface area contributed by atoms with E-state index in [2.05, 4.69) is 15.5 Å². The number of benzene rings is 1. The molecule has 8 heteroatoms. The fraction of sp³-hybridized carbons (Fsp3) is 0.333. The van der Waals surface area contributed by atoms with E-state index < -0.39 is 0 Å². The number of amides is 2. The summed E-state index contributed by atoms with van der Waals surface area (Å²) in [5, 5.41) is 11.0. The average Bonchev–Trinajstić information content (AvgIpc) is 2.72. The summed E-state index contributed by atoms with van der Waals surface area (Å²) in [6.45, 7) is 3.14. The van der Waals surface area contributed by atoms with Crippen molar-refractivity contribution in [3.05, 3.63) is 47.7 Å². The van der Waals surface area contributed by atoms with Crippen LogP contribution >= 0.6 is 0 Å². The number of aromatic nitrogens is 2. The molecule has 1 aromatic carbocycles. The topological polar surface area (TPSA) is 87.7 Å². The highest BCUT2D eigenvalue weighted by Gasteiger charge is 2.17. The number of anilines is 1. The maximum absolute atomic E-state index is 12.2. The van der Waals surface area contributed by atoms with E-state index in [9.17, 15) is 9.59 Å². The van der Waals surface area contributed by atoms with Crippen LogP contribution < -0.4 is 15.0 Å². The first-order chi connectivity index (χ1) is 12.7. The van der Waals surface area contributed by atoms with Crippen LogP contribution in [0.5, 0.6) is 5.75 Å². The number of methoxy groups -OCH3 is 1. The van der Waals surface area contributed by atoms with Crippen LogP contribution in [-0.2, 0) is 11.3 Å². The van der Waals surface area contributed by atoms with Gasteiger partial charge in [-0.2, -0.15) is 0 Å². The normalized spacial score (nSPS) is 14.0. The number of hydrogen-bond acceptors (Lipinski definition) is 6.